The average Bonchev–Trinajstić information content (AvgIpc) is 1.28. The first-order chi connectivity index (χ1) is 40.7. The molecular formula is C46H76N2O38S. The third-order valence-corrected chi connectivity index (χ3v) is 15.9. The number of hydrogen-bond donors (Lipinski definition) is 21. The van der Waals surface area contributed by atoms with E-state index in [0.717, 1.165) is 13.8 Å². The van der Waals surface area contributed by atoms with Crippen LogP contribution in [0.15, 0.2) is 0 Å². The van der Waals surface area contributed by atoms with Gasteiger partial charge in [-0.2, -0.15) is 8.42 Å². The summed E-state index contributed by atoms with van der Waals surface area (Å²) in [5, 5.41) is 201. The Morgan fingerprint density at radius 2 is 0.805 bits per heavy atom. The summed E-state index contributed by atoms with van der Waals surface area (Å²) < 4.78 is 112. The number of carbonyl (C=O) groups is 3. The number of nitrogens with one attached hydrogen (secondary N) is 2. The Balaban J connectivity index is 1.21. The van der Waals surface area contributed by atoms with Crippen molar-refractivity contribution in [3.8, 4) is 0 Å². The fraction of sp³-hybridized carbons (Fsp3) is 0.935. The van der Waals surface area contributed by atoms with E-state index in [1.54, 1.807) is 0 Å². The lowest BCUT2D eigenvalue weighted by molar-refractivity contribution is -0.405. The Bertz CT molecular complexity index is 2380. The minimum absolute atomic E-state index is 0.893. The van der Waals surface area contributed by atoms with Crippen LogP contribution in [0.1, 0.15) is 27.7 Å². The van der Waals surface area contributed by atoms with E-state index in [1.807, 2.05) is 0 Å². The molecule has 7 fully saturated rings. The predicted octanol–water partition coefficient (Wildman–Crippen LogP) is -14.0. The molecule has 7 aliphatic heterocycles. The Labute approximate surface area is 491 Å². The van der Waals surface area contributed by atoms with Crippen molar-refractivity contribution in [2.75, 3.05) is 26.4 Å². The van der Waals surface area contributed by atoms with Crippen LogP contribution in [0.3, 0.4) is 0 Å². The molecule has 87 heavy (non-hydrogen) atoms. The van der Waals surface area contributed by atoms with Crippen LogP contribution in [-0.2, 0) is 90.5 Å². The van der Waals surface area contributed by atoms with Gasteiger partial charge in [-0.05, 0) is 13.8 Å². The number of hydrogen-bond acceptors (Lipinski definition) is 36. The zero-order valence-electron chi connectivity index (χ0n) is 46.2. The molecule has 0 aliphatic carbocycles. The largest absolute Gasteiger partial charge is 0.479 e. The molecule has 0 saturated carbocycles. The van der Waals surface area contributed by atoms with Crippen molar-refractivity contribution < 1.29 is 185 Å². The smallest absolute Gasteiger partial charge is 0.397 e. The Morgan fingerprint density at radius 1 is 0.414 bits per heavy atom. The second-order valence-corrected chi connectivity index (χ2v) is 22.7. The summed E-state index contributed by atoms with van der Waals surface area (Å²) >= 11 is 0. The highest BCUT2D eigenvalue weighted by Crippen LogP contribution is 2.38. The maximum absolute atomic E-state index is 12.8. The van der Waals surface area contributed by atoms with E-state index in [1.165, 1.54) is 13.8 Å². The van der Waals surface area contributed by atoms with E-state index >= 15 is 0 Å². The van der Waals surface area contributed by atoms with Crippen molar-refractivity contribution in [2.45, 2.75) is 243 Å². The van der Waals surface area contributed by atoms with Crippen LogP contribution in [0, 0.1) is 0 Å². The molecule has 7 saturated heterocycles. The highest BCUT2D eigenvalue weighted by Gasteiger charge is 2.59. The van der Waals surface area contributed by atoms with E-state index in [0.29, 0.717) is 0 Å². The first kappa shape index (κ1) is 71.5. The van der Waals surface area contributed by atoms with E-state index in [4.69, 9.17) is 61.6 Å². The number of amides is 2. The molecule has 504 valence electrons. The number of aliphatic carboxylic acids is 1. The van der Waals surface area contributed by atoms with Crippen molar-refractivity contribution >= 4 is 28.2 Å². The highest BCUT2D eigenvalue weighted by molar-refractivity contribution is 7.80. The fourth-order valence-corrected chi connectivity index (χ4v) is 11.0. The van der Waals surface area contributed by atoms with Gasteiger partial charge in [0, 0.05) is 13.8 Å². The summed E-state index contributed by atoms with van der Waals surface area (Å²) in [5.74, 6) is -3.69. The van der Waals surface area contributed by atoms with E-state index < -0.39 is 269 Å². The Morgan fingerprint density at radius 3 is 1.31 bits per heavy atom. The molecule has 0 aromatic rings. The number of carbonyl (C=O) groups excluding carboxylic acids is 2. The molecule has 2 amide bonds. The number of rotatable bonds is 21. The van der Waals surface area contributed by atoms with Gasteiger partial charge >= 0.3 is 16.4 Å². The van der Waals surface area contributed by atoms with Gasteiger partial charge < -0.3 is 164 Å². The highest BCUT2D eigenvalue weighted by atomic mass is 32.3. The first-order valence-corrected chi connectivity index (χ1v) is 28.3. The lowest BCUT2D eigenvalue weighted by atomic mass is 9.94. The molecule has 35 atom stereocenters. The van der Waals surface area contributed by atoms with Crippen LogP contribution in [0.25, 0.3) is 0 Å². The third kappa shape index (κ3) is 16.1. The normalized spacial score (nSPS) is 49.1. The number of ether oxygens (including phenoxy) is 13. The Kier molecular flexibility index (Phi) is 24.5. The third-order valence-electron chi connectivity index (χ3n) is 15.4. The molecule has 21 N–H and O–H groups in total. The summed E-state index contributed by atoms with van der Waals surface area (Å²) in [6, 6.07) is -3.70. The van der Waals surface area contributed by atoms with Gasteiger partial charge in [0.05, 0.1) is 38.6 Å². The molecule has 7 aliphatic rings. The molecule has 7 heterocycles. The first-order valence-electron chi connectivity index (χ1n) is 27.0. The van der Waals surface area contributed by atoms with Crippen LogP contribution in [0.4, 0.5) is 0 Å². The molecule has 0 aromatic heterocycles. The molecule has 0 aromatic carbocycles. The number of carboxylic acid groups (broad SMARTS) is 1. The summed E-state index contributed by atoms with van der Waals surface area (Å²) in [6.45, 7) is -0.190. The molecule has 0 spiro atoms. The van der Waals surface area contributed by atoms with E-state index in [-0.39, 0.29) is 0 Å². The maximum Gasteiger partial charge on any atom is 0.397 e. The van der Waals surface area contributed by atoms with Crippen molar-refractivity contribution in [1.29, 1.82) is 0 Å². The van der Waals surface area contributed by atoms with Gasteiger partial charge in [0.25, 0.3) is 0 Å². The van der Waals surface area contributed by atoms with Gasteiger partial charge in [-0.3, -0.25) is 14.1 Å². The SMILES string of the molecule is CC(=O)N[C@@H]1[C@@H](O[C@@H]2O[C@H](CO)[C@H](O)[C@H](O[C@@H]3O[C@H](CO)[C@H](O)[C@H](O[C@@H]4O[C@H](C(=O)O)[C@@H](O)[C@H](O)[C@H]4O)[C@H]3O)[C@H]2O[C@@H]2O[C@@H](C)[C@@H](O)[C@@H](O)[C@@H]2O)[C@@H](O)[C@@H](CO[C@@H]2O[C@H](COS(=O)(=O)O)[C@@H](O)[C@H](O[C@@H]3O[C@@H](C)[C@@H](O)[C@@H](O)[C@@H]3O)[C@H]2NC(C)=O)O[C@H]1O. The van der Waals surface area contributed by atoms with Crippen LogP contribution in [0.2, 0.25) is 0 Å². The number of aliphatic hydroxyl groups is 17. The van der Waals surface area contributed by atoms with Gasteiger partial charge in [0.1, 0.15) is 152 Å². The summed E-state index contributed by atoms with van der Waals surface area (Å²) in [5.41, 5.74) is 0. The second-order valence-electron chi connectivity index (χ2n) is 21.6. The molecule has 40 nitrogen and oxygen atoms in total. The standard InChI is InChI=1S/C46H76N2O38S/c1-9-19(53)25(59)29(63)42(75-9)81-34-18(48-12(4)52)41(80-16(24(34)58)8-74-87(70,71)72)73-7-15-23(57)33(17(40(69)77-15)47-11(3)51)82-46-38(86-43-30(64)26(60)20(54)10(2)76-43)36(22(56)14(6-50)79-46)84-45-32(66)35(21(55)13(5-49)78-45)83-44-31(65)27(61)28(62)37(85-44)39(67)68/h9-10,13-38,40-46,49-50,53-66,69H,5-8H2,1-4H3,(H,47,51)(H,48,52)(H,67,68)(H,70,71,72)/t9-,10-,13+,14+,15+,16+,17+,18+,19+,20+,21-,22-,23-,24+,25+,26+,27-,28-,29-,30-,31+,32+,33+,34+,35-,36-,37-,38+,40+,41+,42-,43-,44+,45-,46-/m0/s1. The second kappa shape index (κ2) is 29.8. The number of carboxylic acids is 1. The quantitative estimate of drug-likeness (QED) is 0.0475. The molecule has 0 bridgehead atoms. The van der Waals surface area contributed by atoms with Crippen LogP contribution < -0.4 is 10.6 Å². The van der Waals surface area contributed by atoms with Crippen LogP contribution in [0.5, 0.6) is 0 Å². The molecule has 0 unspecified atom stereocenters. The summed E-state index contributed by atoms with van der Waals surface area (Å²) in [4.78, 5) is 37.4. The minimum Gasteiger partial charge on any atom is -0.479 e. The van der Waals surface area contributed by atoms with E-state index in [9.17, 15) is 119 Å². The van der Waals surface area contributed by atoms with Crippen molar-refractivity contribution in [2.24, 2.45) is 0 Å². The molecule has 7 rings (SSSR count). The molecular weight excluding hydrogens is 1220 g/mol. The molecule has 0 radical (unpaired) electrons. The van der Waals surface area contributed by atoms with E-state index in [2.05, 4.69) is 14.8 Å². The maximum atomic E-state index is 12.8. The fourth-order valence-electron chi connectivity index (χ4n) is 10.7. The zero-order chi connectivity index (χ0) is 64.6. The van der Waals surface area contributed by atoms with Gasteiger partial charge in [-0.15, -0.1) is 0 Å². The van der Waals surface area contributed by atoms with Gasteiger partial charge in [-0.1, -0.05) is 0 Å². The topological polar surface area (TPSA) is 623 Å². The Hall–Kier alpha value is -2.92. The summed E-state index contributed by atoms with van der Waals surface area (Å²) in [7, 11) is -5.28. The molecule has 41 heteroatoms. The van der Waals surface area contributed by atoms with Gasteiger partial charge in [0.15, 0.2) is 50.1 Å². The minimum atomic E-state index is -5.28. The van der Waals surface area contributed by atoms with Crippen molar-refractivity contribution in [1.82, 2.24) is 10.6 Å². The predicted molar refractivity (Wildman–Crippen MR) is 263 cm³/mol. The average molecular weight is 1300 g/mol. The monoisotopic (exact) mass is 1300 g/mol. The van der Waals surface area contributed by atoms with Gasteiger partial charge in [-0.25, -0.2) is 8.98 Å². The number of aliphatic hydroxyl groups excluding tert-OH is 17. The van der Waals surface area contributed by atoms with Crippen molar-refractivity contribution in [3.63, 3.8) is 0 Å². The van der Waals surface area contributed by atoms with Crippen LogP contribution in [-0.4, -0.2) is 364 Å². The van der Waals surface area contributed by atoms with Crippen LogP contribution >= 0.6 is 0 Å². The van der Waals surface area contributed by atoms with Gasteiger partial charge in [0.2, 0.25) is 11.8 Å². The lowest BCUT2D eigenvalue weighted by Crippen LogP contribution is -2.70. The summed E-state index contributed by atoms with van der Waals surface area (Å²) in [6.07, 6.45) is -68.2. The zero-order valence-corrected chi connectivity index (χ0v) is 47.0. The van der Waals surface area contributed by atoms with Crippen molar-refractivity contribution in [3.05, 3.63) is 0 Å². The lowest BCUT2D eigenvalue weighted by Gasteiger charge is -2.51.